The molecule has 0 spiro atoms. The fraction of sp³-hybridized carbons (Fsp3) is 0. The highest BCUT2D eigenvalue weighted by Crippen LogP contribution is 1.49. The SMILES string of the molecule is O=S(=O)=N[B]O. The first-order valence-corrected chi connectivity index (χ1v) is 2.06. The first-order valence-electron chi connectivity index (χ1n) is 1.03. The van der Waals surface area contributed by atoms with Crippen molar-refractivity contribution in [3.05, 3.63) is 0 Å². The quantitative estimate of drug-likeness (QED) is 0.417. The Balaban J connectivity index is 3.78. The van der Waals surface area contributed by atoms with Crippen LogP contribution >= 0.6 is 0 Å². The van der Waals surface area contributed by atoms with Crippen molar-refractivity contribution in [1.29, 1.82) is 0 Å². The summed E-state index contributed by atoms with van der Waals surface area (Å²) in [6.07, 6.45) is 0. The van der Waals surface area contributed by atoms with Crippen molar-refractivity contribution >= 4 is 18.1 Å². The highest BCUT2D eigenvalue weighted by Gasteiger charge is 1.70. The van der Waals surface area contributed by atoms with Gasteiger partial charge in [-0.1, -0.05) is 0 Å². The molecule has 0 aliphatic rings. The molecule has 4 nitrogen and oxygen atoms in total. The zero-order chi connectivity index (χ0) is 4.99. The van der Waals surface area contributed by atoms with Crippen LogP contribution in [0.3, 0.4) is 0 Å². The maximum Gasteiger partial charge on any atom is 0.475 e. The lowest BCUT2D eigenvalue weighted by Crippen LogP contribution is -1.75. The lowest BCUT2D eigenvalue weighted by atomic mass is 10.4. The first-order chi connectivity index (χ1) is 2.77. The fourth-order valence-corrected chi connectivity index (χ4v) is 0.115. The molecular weight excluding hydrogens is 105 g/mol. The van der Waals surface area contributed by atoms with E-state index < -0.39 is 10.5 Å². The molecule has 6 heteroatoms. The summed E-state index contributed by atoms with van der Waals surface area (Å²) in [5.41, 5.74) is 0. The van der Waals surface area contributed by atoms with Crippen LogP contribution in [0.15, 0.2) is 4.27 Å². The van der Waals surface area contributed by atoms with Gasteiger partial charge >= 0.3 is 7.62 Å². The number of hydrogen-bond donors (Lipinski definition) is 1. The molecule has 1 N–H and O–H groups in total. The van der Waals surface area contributed by atoms with Gasteiger partial charge in [0.1, 0.15) is 0 Å². The van der Waals surface area contributed by atoms with E-state index in [4.69, 9.17) is 5.02 Å². The largest absolute Gasteiger partial charge is 0.475 e. The topological polar surface area (TPSA) is 66.7 Å². The van der Waals surface area contributed by atoms with Crippen molar-refractivity contribution in [2.24, 2.45) is 4.27 Å². The molecular formula is HBNO3S. The van der Waals surface area contributed by atoms with E-state index in [9.17, 15) is 8.42 Å². The molecule has 0 aromatic carbocycles. The molecule has 0 saturated heterocycles. The second-order valence-electron chi connectivity index (χ2n) is 0.438. The van der Waals surface area contributed by atoms with E-state index in [1.54, 1.807) is 0 Å². The van der Waals surface area contributed by atoms with Crippen LogP contribution in [-0.4, -0.2) is 21.1 Å². The van der Waals surface area contributed by atoms with Crippen LogP contribution < -0.4 is 0 Å². The van der Waals surface area contributed by atoms with Gasteiger partial charge in [-0.05, 0) is 0 Å². The summed E-state index contributed by atoms with van der Waals surface area (Å²) in [6, 6.07) is 0. The zero-order valence-electron chi connectivity index (χ0n) is 2.70. The maximum atomic E-state index is 9.24. The fourth-order valence-electron chi connectivity index (χ4n) is 0.0385. The van der Waals surface area contributed by atoms with Gasteiger partial charge in [0, 0.05) is 0 Å². The Bertz CT molecular complexity index is 125. The van der Waals surface area contributed by atoms with E-state index in [0.29, 0.717) is 0 Å². The standard InChI is InChI=1S/BHNO3S/c3-1-2-6(4)5/h3H. The van der Waals surface area contributed by atoms with Gasteiger partial charge in [0.05, 0.1) is 0 Å². The molecule has 0 aromatic heterocycles. The average molecular weight is 106 g/mol. The van der Waals surface area contributed by atoms with Crippen molar-refractivity contribution in [1.82, 2.24) is 0 Å². The van der Waals surface area contributed by atoms with Gasteiger partial charge in [0.15, 0.2) is 0 Å². The van der Waals surface area contributed by atoms with E-state index in [1.807, 2.05) is 0 Å². The van der Waals surface area contributed by atoms with Crippen molar-refractivity contribution in [3.8, 4) is 0 Å². The van der Waals surface area contributed by atoms with E-state index in [1.165, 1.54) is 0 Å². The van der Waals surface area contributed by atoms with Crippen LogP contribution in [0.1, 0.15) is 0 Å². The van der Waals surface area contributed by atoms with Crippen LogP contribution in [0.5, 0.6) is 0 Å². The summed E-state index contributed by atoms with van der Waals surface area (Å²) < 4.78 is 21.0. The van der Waals surface area contributed by atoms with E-state index in [2.05, 4.69) is 4.27 Å². The summed E-state index contributed by atoms with van der Waals surface area (Å²) >= 11 is 0. The number of rotatable bonds is 1. The lowest BCUT2D eigenvalue weighted by molar-refractivity contribution is 0.600. The highest BCUT2D eigenvalue weighted by atomic mass is 32.2. The minimum atomic E-state index is -2.50. The van der Waals surface area contributed by atoms with Crippen LogP contribution in [0.2, 0.25) is 0 Å². The average Bonchev–Trinajstić information content (AvgIpc) is 1.35. The van der Waals surface area contributed by atoms with Crippen molar-refractivity contribution in [2.75, 3.05) is 0 Å². The highest BCUT2D eigenvalue weighted by molar-refractivity contribution is 7.62. The molecule has 0 unspecified atom stereocenters. The summed E-state index contributed by atoms with van der Waals surface area (Å²) in [6.45, 7) is 0. The molecule has 0 atom stereocenters. The molecule has 0 heterocycles. The van der Waals surface area contributed by atoms with Gasteiger partial charge < -0.3 is 5.02 Å². The van der Waals surface area contributed by atoms with Crippen LogP contribution in [0.4, 0.5) is 0 Å². The van der Waals surface area contributed by atoms with Crippen LogP contribution in [-0.2, 0) is 10.5 Å². The molecule has 6 heavy (non-hydrogen) atoms. The minimum absolute atomic E-state index is 0.211. The molecule has 1 radical (unpaired) electrons. The molecule has 0 rings (SSSR count). The van der Waals surface area contributed by atoms with E-state index in [0.717, 1.165) is 0 Å². The smallest absolute Gasteiger partial charge is 0.433 e. The predicted octanol–water partition coefficient (Wildman–Crippen LogP) is -1.42. The Morgan fingerprint density at radius 3 is 2.17 bits per heavy atom. The molecule has 0 saturated carbocycles. The first kappa shape index (κ1) is 5.64. The van der Waals surface area contributed by atoms with Gasteiger partial charge in [0.2, 0.25) is 0 Å². The Morgan fingerprint density at radius 2 is 2.17 bits per heavy atom. The third kappa shape index (κ3) is 3.64. The van der Waals surface area contributed by atoms with Gasteiger partial charge in [-0.15, -0.1) is 0 Å². The Labute approximate surface area is 36.8 Å². The van der Waals surface area contributed by atoms with E-state index >= 15 is 0 Å². The Kier molecular flexibility index (Phi) is 2.69. The van der Waals surface area contributed by atoms with Crippen molar-refractivity contribution < 1.29 is 13.4 Å². The second kappa shape index (κ2) is 2.86. The normalized spacial score (nSPS) is 6.83. The van der Waals surface area contributed by atoms with Gasteiger partial charge in [0.25, 0.3) is 10.5 Å². The van der Waals surface area contributed by atoms with Crippen molar-refractivity contribution in [3.63, 3.8) is 0 Å². The van der Waals surface area contributed by atoms with Crippen LogP contribution in [0.25, 0.3) is 0 Å². The van der Waals surface area contributed by atoms with E-state index in [-0.39, 0.29) is 7.62 Å². The maximum absolute atomic E-state index is 9.24. The van der Waals surface area contributed by atoms with Gasteiger partial charge in [-0.25, -0.2) is 0 Å². The number of nitrogens with zero attached hydrogens (tertiary/aromatic N) is 1. The summed E-state index contributed by atoms with van der Waals surface area (Å²) in [5, 5.41) is 7.55. The molecule has 0 aliphatic carbocycles. The van der Waals surface area contributed by atoms with Crippen molar-refractivity contribution in [2.45, 2.75) is 0 Å². The predicted molar refractivity (Wildman–Crippen MR) is 19.3 cm³/mol. The van der Waals surface area contributed by atoms with Gasteiger partial charge in [-0.2, -0.15) is 12.7 Å². The summed E-state index contributed by atoms with van der Waals surface area (Å²) in [5.74, 6) is 0. The third-order valence-corrected chi connectivity index (χ3v) is 0.400. The lowest BCUT2D eigenvalue weighted by Gasteiger charge is -1.54. The van der Waals surface area contributed by atoms with Crippen LogP contribution in [0, 0.1) is 0 Å². The Hall–Kier alpha value is -0.355. The molecule has 0 bridgehead atoms. The molecule has 33 valence electrons. The third-order valence-electron chi connectivity index (χ3n) is 0.133. The Morgan fingerprint density at radius 1 is 1.67 bits per heavy atom. The molecule has 0 aromatic rings. The molecule has 0 aliphatic heterocycles. The molecule has 0 fully saturated rings. The summed E-state index contributed by atoms with van der Waals surface area (Å²) in [7, 11) is -2.28. The zero-order valence-corrected chi connectivity index (χ0v) is 3.51. The minimum Gasteiger partial charge on any atom is -0.433 e. The monoisotopic (exact) mass is 106 g/mol. The van der Waals surface area contributed by atoms with Gasteiger partial charge in [-0.3, -0.25) is 0 Å². The summed E-state index contributed by atoms with van der Waals surface area (Å²) in [4.78, 5) is 0. The second-order valence-corrected chi connectivity index (χ2v) is 1.08. The molecule has 0 amide bonds. The number of hydrogen-bond acceptors (Lipinski definition) is 4.